The Morgan fingerprint density at radius 3 is 2.76 bits per heavy atom. The van der Waals surface area contributed by atoms with Gasteiger partial charge in [0.25, 0.3) is 0 Å². The maximum Gasteiger partial charge on any atom is 0.193 e. The van der Waals surface area contributed by atoms with Crippen molar-refractivity contribution in [1.82, 2.24) is 10.2 Å². The van der Waals surface area contributed by atoms with Crippen molar-refractivity contribution in [3.63, 3.8) is 0 Å². The Morgan fingerprint density at radius 1 is 1.21 bits per heavy atom. The number of anilines is 1. The molecule has 1 unspecified atom stereocenters. The number of para-hydroxylation sites is 1. The summed E-state index contributed by atoms with van der Waals surface area (Å²) in [4.78, 5) is 9.84. The van der Waals surface area contributed by atoms with E-state index in [1.807, 2.05) is 0 Å². The predicted octanol–water partition coefficient (Wildman–Crippen LogP) is 2.92. The zero-order chi connectivity index (χ0) is 20.5. The van der Waals surface area contributed by atoms with Crippen LogP contribution in [0.15, 0.2) is 29.3 Å². The molecule has 0 radical (unpaired) electrons. The van der Waals surface area contributed by atoms with Crippen LogP contribution in [0.3, 0.4) is 0 Å². The molecule has 0 aromatic heterocycles. The number of nitrogens with zero attached hydrogens (tertiary/aromatic N) is 3. The van der Waals surface area contributed by atoms with Crippen LogP contribution in [0.1, 0.15) is 38.7 Å². The van der Waals surface area contributed by atoms with Crippen LogP contribution >= 0.6 is 0 Å². The summed E-state index contributed by atoms with van der Waals surface area (Å²) in [6.45, 7) is 10.7. The third kappa shape index (κ3) is 6.09. The third-order valence-electron chi connectivity index (χ3n) is 5.87. The number of hydrogen-bond acceptors (Lipinski definition) is 4. The Morgan fingerprint density at radius 2 is 2.00 bits per heavy atom. The van der Waals surface area contributed by atoms with Gasteiger partial charge in [0.05, 0.1) is 12.6 Å². The summed E-state index contributed by atoms with van der Waals surface area (Å²) in [6, 6.07) is 9.32. The first kappa shape index (κ1) is 21.9. The van der Waals surface area contributed by atoms with E-state index < -0.39 is 0 Å². The molecule has 0 bridgehead atoms. The molecule has 0 spiro atoms. The molecule has 1 aromatic rings. The van der Waals surface area contributed by atoms with Crippen molar-refractivity contribution < 1.29 is 9.47 Å². The second-order valence-corrected chi connectivity index (χ2v) is 8.01. The first-order chi connectivity index (χ1) is 14.2. The van der Waals surface area contributed by atoms with E-state index in [0.29, 0.717) is 12.1 Å². The molecule has 1 fully saturated rings. The van der Waals surface area contributed by atoms with Crippen LogP contribution in [0, 0.1) is 0 Å². The normalized spacial score (nSPS) is 20.2. The lowest BCUT2D eigenvalue weighted by Crippen LogP contribution is -2.47. The number of likely N-dealkylation sites (tertiary alicyclic amines) is 1. The lowest BCUT2D eigenvalue weighted by molar-refractivity contribution is 0.00991. The van der Waals surface area contributed by atoms with E-state index in [1.54, 1.807) is 7.11 Å². The van der Waals surface area contributed by atoms with Crippen molar-refractivity contribution in [3.8, 4) is 0 Å². The van der Waals surface area contributed by atoms with Gasteiger partial charge in [0.2, 0.25) is 0 Å². The van der Waals surface area contributed by atoms with Crippen molar-refractivity contribution in [2.24, 2.45) is 4.99 Å². The van der Waals surface area contributed by atoms with Crippen LogP contribution in [-0.2, 0) is 15.9 Å². The fourth-order valence-electron chi connectivity index (χ4n) is 4.35. The van der Waals surface area contributed by atoms with Crippen LogP contribution in [0.5, 0.6) is 0 Å². The molecule has 2 aliphatic rings. The highest BCUT2D eigenvalue weighted by molar-refractivity contribution is 5.80. The van der Waals surface area contributed by atoms with Gasteiger partial charge in [-0.2, -0.15) is 0 Å². The fraction of sp³-hybridized carbons (Fsp3) is 0.696. The molecular weight excluding hydrogens is 364 g/mol. The molecule has 0 amide bonds. The standard InChI is InChI=1S/C23H38N4O2/c1-4-24-23(26-13-10-21(11-14-26)29-17-7-16-28-3)25-12-15-27-19(2)18-20-8-5-6-9-22(20)27/h5-6,8-9,19,21H,4,7,10-18H2,1-3H3,(H,24,25). The van der Waals surface area contributed by atoms with Crippen LogP contribution in [0.4, 0.5) is 5.69 Å². The minimum Gasteiger partial charge on any atom is -0.385 e. The van der Waals surface area contributed by atoms with Crippen LogP contribution in [0.2, 0.25) is 0 Å². The van der Waals surface area contributed by atoms with Gasteiger partial charge in [0.1, 0.15) is 0 Å². The number of guanidine groups is 1. The zero-order valence-electron chi connectivity index (χ0n) is 18.4. The summed E-state index contributed by atoms with van der Waals surface area (Å²) in [7, 11) is 1.74. The van der Waals surface area contributed by atoms with Gasteiger partial charge < -0.3 is 24.6 Å². The summed E-state index contributed by atoms with van der Waals surface area (Å²) in [6.07, 6.45) is 4.60. The number of rotatable bonds is 9. The van der Waals surface area contributed by atoms with Crippen molar-refractivity contribution >= 4 is 11.6 Å². The molecule has 29 heavy (non-hydrogen) atoms. The van der Waals surface area contributed by atoms with Crippen LogP contribution < -0.4 is 10.2 Å². The number of benzene rings is 1. The largest absolute Gasteiger partial charge is 0.385 e. The zero-order valence-corrected chi connectivity index (χ0v) is 18.4. The Balaban J connectivity index is 1.48. The van der Waals surface area contributed by atoms with Crippen molar-refractivity contribution in [1.29, 1.82) is 0 Å². The molecule has 1 aromatic carbocycles. The van der Waals surface area contributed by atoms with E-state index in [2.05, 4.69) is 53.2 Å². The lowest BCUT2D eigenvalue weighted by atomic mass is 10.1. The Labute approximate surface area is 176 Å². The fourth-order valence-corrected chi connectivity index (χ4v) is 4.35. The summed E-state index contributed by atoms with van der Waals surface area (Å²) in [5.74, 6) is 1.05. The average molecular weight is 403 g/mol. The maximum absolute atomic E-state index is 5.99. The lowest BCUT2D eigenvalue weighted by Gasteiger charge is -2.34. The molecule has 162 valence electrons. The van der Waals surface area contributed by atoms with E-state index in [-0.39, 0.29) is 0 Å². The Hall–Kier alpha value is -1.79. The van der Waals surface area contributed by atoms with Gasteiger partial charge in [-0.25, -0.2) is 0 Å². The molecule has 1 N–H and O–H groups in total. The van der Waals surface area contributed by atoms with Crippen molar-refractivity contribution in [2.75, 3.05) is 57.9 Å². The van der Waals surface area contributed by atoms with Gasteiger partial charge in [-0.3, -0.25) is 4.99 Å². The van der Waals surface area contributed by atoms with E-state index in [0.717, 1.165) is 77.6 Å². The highest BCUT2D eigenvalue weighted by atomic mass is 16.5. The number of methoxy groups -OCH3 is 1. The molecule has 6 heteroatoms. The molecule has 1 saturated heterocycles. The van der Waals surface area contributed by atoms with Gasteiger partial charge in [-0.05, 0) is 51.2 Å². The van der Waals surface area contributed by atoms with E-state index in [9.17, 15) is 0 Å². The Kier molecular flexibility index (Phi) is 8.62. The number of hydrogen-bond donors (Lipinski definition) is 1. The monoisotopic (exact) mass is 402 g/mol. The molecular formula is C23H38N4O2. The van der Waals surface area contributed by atoms with E-state index in [4.69, 9.17) is 14.5 Å². The van der Waals surface area contributed by atoms with Crippen LogP contribution in [0.25, 0.3) is 0 Å². The first-order valence-electron chi connectivity index (χ1n) is 11.2. The molecule has 3 rings (SSSR count). The molecule has 2 heterocycles. The minimum absolute atomic E-state index is 0.368. The second kappa shape index (κ2) is 11.4. The molecule has 0 saturated carbocycles. The van der Waals surface area contributed by atoms with E-state index >= 15 is 0 Å². The maximum atomic E-state index is 5.99. The van der Waals surface area contributed by atoms with Gasteiger partial charge in [-0.15, -0.1) is 0 Å². The van der Waals surface area contributed by atoms with Gasteiger partial charge in [-0.1, -0.05) is 18.2 Å². The van der Waals surface area contributed by atoms with Crippen molar-refractivity contribution in [2.45, 2.75) is 51.7 Å². The SMILES string of the molecule is CCNC(=NCCN1c2ccccc2CC1C)N1CCC(OCCCOC)CC1. The van der Waals surface area contributed by atoms with E-state index in [1.165, 1.54) is 11.3 Å². The molecule has 1 atom stereocenters. The first-order valence-corrected chi connectivity index (χ1v) is 11.2. The number of ether oxygens (including phenoxy) is 2. The third-order valence-corrected chi connectivity index (χ3v) is 5.87. The minimum atomic E-state index is 0.368. The number of aliphatic imine (C=N–C) groups is 1. The number of piperidine rings is 1. The van der Waals surface area contributed by atoms with Gasteiger partial charge in [0.15, 0.2) is 5.96 Å². The molecule has 2 aliphatic heterocycles. The summed E-state index contributed by atoms with van der Waals surface area (Å²) >= 11 is 0. The highest BCUT2D eigenvalue weighted by Crippen LogP contribution is 2.31. The molecule has 6 nitrogen and oxygen atoms in total. The number of fused-ring (bicyclic) bond motifs is 1. The quantitative estimate of drug-likeness (QED) is 0.391. The van der Waals surface area contributed by atoms with Crippen LogP contribution in [-0.4, -0.2) is 76.1 Å². The summed E-state index contributed by atoms with van der Waals surface area (Å²) in [5.41, 5.74) is 2.84. The van der Waals surface area contributed by atoms with Crippen molar-refractivity contribution in [3.05, 3.63) is 29.8 Å². The highest BCUT2D eigenvalue weighted by Gasteiger charge is 2.25. The average Bonchev–Trinajstić information content (AvgIpc) is 3.06. The Bertz CT molecular complexity index is 644. The molecule has 0 aliphatic carbocycles. The topological polar surface area (TPSA) is 49.3 Å². The predicted molar refractivity (Wildman–Crippen MR) is 120 cm³/mol. The number of nitrogens with one attached hydrogen (secondary N) is 1. The van der Waals surface area contributed by atoms with Gasteiger partial charge in [0, 0.05) is 58.2 Å². The van der Waals surface area contributed by atoms with Gasteiger partial charge >= 0.3 is 0 Å². The summed E-state index contributed by atoms with van der Waals surface area (Å²) < 4.78 is 11.1. The smallest absolute Gasteiger partial charge is 0.193 e. The summed E-state index contributed by atoms with van der Waals surface area (Å²) in [5, 5.41) is 3.48. The second-order valence-electron chi connectivity index (χ2n) is 8.01.